The highest BCUT2D eigenvalue weighted by molar-refractivity contribution is 5.86. The molecule has 26 heavy (non-hydrogen) atoms. The molecule has 1 nitrogen and oxygen atoms in total. The predicted octanol–water partition coefficient (Wildman–Crippen LogP) is 5.50. The quantitative estimate of drug-likeness (QED) is 0.569. The zero-order chi connectivity index (χ0) is 18.6. The van der Waals surface area contributed by atoms with Crippen LogP contribution in [0, 0.1) is 11.8 Å². The van der Waals surface area contributed by atoms with E-state index in [9.17, 15) is 18.0 Å². The molecule has 0 unspecified atom stereocenters. The van der Waals surface area contributed by atoms with Crippen LogP contribution in [0.15, 0.2) is 72.8 Å². The van der Waals surface area contributed by atoms with Gasteiger partial charge < -0.3 is 0 Å². The highest BCUT2D eigenvalue weighted by Crippen LogP contribution is 2.28. The molecule has 0 heterocycles. The second kappa shape index (κ2) is 7.45. The average molecular weight is 352 g/mol. The van der Waals surface area contributed by atoms with Crippen molar-refractivity contribution in [1.29, 1.82) is 0 Å². The molecule has 130 valence electrons. The Morgan fingerprint density at radius 1 is 0.885 bits per heavy atom. The molecule has 0 amide bonds. The van der Waals surface area contributed by atoms with Crippen LogP contribution in [-0.2, 0) is 4.79 Å². The first-order valence-electron chi connectivity index (χ1n) is 8.09. The van der Waals surface area contributed by atoms with Gasteiger partial charge in [0.15, 0.2) is 0 Å². The van der Waals surface area contributed by atoms with E-state index in [1.807, 2.05) is 36.4 Å². The van der Waals surface area contributed by atoms with Crippen molar-refractivity contribution in [2.75, 3.05) is 0 Å². The average Bonchev–Trinajstić information content (AvgIpc) is 2.64. The Labute approximate surface area is 149 Å². The van der Waals surface area contributed by atoms with Crippen molar-refractivity contribution in [2.45, 2.75) is 18.5 Å². The van der Waals surface area contributed by atoms with Crippen LogP contribution in [0.25, 0.3) is 10.8 Å². The SMILES string of the molecule is O=C(C[C@@H](C#Cc1ccccc1)c1ccc2ccccc2c1)C(F)(F)F. The normalized spacial score (nSPS) is 12.3. The molecule has 1 atom stereocenters. The third-order valence-electron chi connectivity index (χ3n) is 4.05. The van der Waals surface area contributed by atoms with Crippen LogP contribution in [0.1, 0.15) is 23.5 Å². The van der Waals surface area contributed by atoms with Gasteiger partial charge in [-0.2, -0.15) is 13.2 Å². The lowest BCUT2D eigenvalue weighted by atomic mass is 9.92. The van der Waals surface area contributed by atoms with Crippen LogP contribution >= 0.6 is 0 Å². The van der Waals surface area contributed by atoms with Gasteiger partial charge in [-0.25, -0.2) is 0 Å². The molecule has 0 fully saturated rings. The summed E-state index contributed by atoms with van der Waals surface area (Å²) in [6.07, 6.45) is -5.55. The molecular weight excluding hydrogens is 337 g/mol. The van der Waals surface area contributed by atoms with Gasteiger partial charge in [0.1, 0.15) is 0 Å². The van der Waals surface area contributed by atoms with Gasteiger partial charge in [-0.1, -0.05) is 66.4 Å². The van der Waals surface area contributed by atoms with Gasteiger partial charge in [-0.15, -0.1) is 0 Å². The molecule has 0 aromatic heterocycles. The molecule has 4 heteroatoms. The molecule has 0 saturated carbocycles. The number of hydrogen-bond donors (Lipinski definition) is 0. The Balaban J connectivity index is 1.98. The van der Waals surface area contributed by atoms with E-state index in [4.69, 9.17) is 0 Å². The Bertz CT molecular complexity index is 979. The minimum Gasteiger partial charge on any atom is -0.290 e. The van der Waals surface area contributed by atoms with Crippen molar-refractivity contribution >= 4 is 16.6 Å². The van der Waals surface area contributed by atoms with E-state index in [1.165, 1.54) is 0 Å². The monoisotopic (exact) mass is 352 g/mol. The molecular formula is C22H15F3O. The van der Waals surface area contributed by atoms with Crippen molar-refractivity contribution in [2.24, 2.45) is 0 Å². The maximum atomic E-state index is 12.7. The number of alkyl halides is 3. The van der Waals surface area contributed by atoms with Gasteiger partial charge in [0.05, 0.1) is 5.92 Å². The Kier molecular flexibility index (Phi) is 5.09. The second-order valence-electron chi connectivity index (χ2n) is 5.92. The van der Waals surface area contributed by atoms with E-state index in [0.29, 0.717) is 11.1 Å². The largest absolute Gasteiger partial charge is 0.450 e. The summed E-state index contributed by atoms with van der Waals surface area (Å²) in [4.78, 5) is 11.5. The number of carbonyl (C=O) groups is 1. The summed E-state index contributed by atoms with van der Waals surface area (Å²) in [5.41, 5.74) is 1.29. The van der Waals surface area contributed by atoms with Crippen LogP contribution in [0.4, 0.5) is 13.2 Å². The molecule has 0 bridgehead atoms. The second-order valence-corrected chi connectivity index (χ2v) is 5.92. The lowest BCUT2D eigenvalue weighted by Crippen LogP contribution is -2.24. The topological polar surface area (TPSA) is 17.1 Å². The first-order chi connectivity index (χ1) is 12.4. The van der Waals surface area contributed by atoms with E-state index in [2.05, 4.69) is 11.8 Å². The molecule has 0 aliphatic rings. The molecule has 3 rings (SSSR count). The van der Waals surface area contributed by atoms with Crippen LogP contribution in [-0.4, -0.2) is 12.0 Å². The fourth-order valence-electron chi connectivity index (χ4n) is 2.67. The molecule has 0 saturated heterocycles. The number of ketones is 1. The van der Waals surface area contributed by atoms with Gasteiger partial charge in [0, 0.05) is 12.0 Å². The van der Waals surface area contributed by atoms with E-state index in [0.717, 1.165) is 10.8 Å². The summed E-state index contributed by atoms with van der Waals surface area (Å²) in [6.45, 7) is 0. The zero-order valence-electron chi connectivity index (χ0n) is 13.8. The zero-order valence-corrected chi connectivity index (χ0v) is 13.8. The lowest BCUT2D eigenvalue weighted by Gasteiger charge is -2.13. The van der Waals surface area contributed by atoms with Gasteiger partial charge >= 0.3 is 6.18 Å². The summed E-state index contributed by atoms with van der Waals surface area (Å²) in [7, 11) is 0. The first-order valence-corrected chi connectivity index (χ1v) is 8.09. The summed E-state index contributed by atoms with van der Waals surface area (Å²) >= 11 is 0. The van der Waals surface area contributed by atoms with Gasteiger partial charge in [-0.05, 0) is 34.5 Å². The van der Waals surface area contributed by atoms with Crippen molar-refractivity contribution in [1.82, 2.24) is 0 Å². The smallest absolute Gasteiger partial charge is 0.290 e. The third-order valence-corrected chi connectivity index (χ3v) is 4.05. The van der Waals surface area contributed by atoms with Crippen LogP contribution < -0.4 is 0 Å². The van der Waals surface area contributed by atoms with Gasteiger partial charge in [0.25, 0.3) is 0 Å². The Morgan fingerprint density at radius 2 is 1.54 bits per heavy atom. The number of halogens is 3. The number of benzene rings is 3. The third kappa shape index (κ3) is 4.31. The number of fused-ring (bicyclic) bond motifs is 1. The Morgan fingerprint density at radius 3 is 2.23 bits per heavy atom. The van der Waals surface area contributed by atoms with Crippen molar-refractivity contribution in [3.8, 4) is 11.8 Å². The molecule has 0 radical (unpaired) electrons. The van der Waals surface area contributed by atoms with E-state index in [-0.39, 0.29) is 0 Å². The summed E-state index contributed by atoms with van der Waals surface area (Å²) in [5.74, 6) is 3.14. The van der Waals surface area contributed by atoms with Gasteiger partial charge in [-0.3, -0.25) is 4.79 Å². The summed E-state index contributed by atoms with van der Waals surface area (Å²) in [5, 5.41) is 1.88. The number of hydrogen-bond acceptors (Lipinski definition) is 1. The van der Waals surface area contributed by atoms with Crippen molar-refractivity contribution < 1.29 is 18.0 Å². The highest BCUT2D eigenvalue weighted by atomic mass is 19.4. The van der Waals surface area contributed by atoms with Gasteiger partial charge in [0.2, 0.25) is 5.78 Å². The fraction of sp³-hybridized carbons (Fsp3) is 0.136. The molecule has 3 aromatic rings. The highest BCUT2D eigenvalue weighted by Gasteiger charge is 2.39. The molecule has 0 spiro atoms. The van der Waals surface area contributed by atoms with Crippen LogP contribution in [0.5, 0.6) is 0 Å². The van der Waals surface area contributed by atoms with Crippen molar-refractivity contribution in [3.63, 3.8) is 0 Å². The van der Waals surface area contributed by atoms with E-state index >= 15 is 0 Å². The standard InChI is InChI=1S/C22H15F3O/c23-22(24,25)21(26)15-20(11-10-16-6-2-1-3-7-16)19-13-12-17-8-4-5-9-18(17)14-19/h1-9,12-14,20H,15H2/t20-/m1/s1. The maximum Gasteiger partial charge on any atom is 0.450 e. The first kappa shape index (κ1) is 17.8. The number of rotatable bonds is 3. The maximum absolute atomic E-state index is 12.7. The summed E-state index contributed by atoms with van der Waals surface area (Å²) < 4.78 is 38.2. The summed E-state index contributed by atoms with van der Waals surface area (Å²) in [6, 6.07) is 21.9. The fourth-order valence-corrected chi connectivity index (χ4v) is 2.67. The van der Waals surface area contributed by atoms with Crippen LogP contribution in [0.2, 0.25) is 0 Å². The molecule has 3 aromatic carbocycles. The molecule has 0 aliphatic carbocycles. The number of Topliss-reactive ketones (excluding diaryl/α,β-unsaturated/α-hetero) is 1. The van der Waals surface area contributed by atoms with E-state index < -0.39 is 24.3 Å². The minimum absolute atomic E-state index is 0.602. The number of carbonyl (C=O) groups excluding carboxylic acids is 1. The minimum atomic E-state index is -4.86. The van der Waals surface area contributed by atoms with Crippen LogP contribution in [0.3, 0.4) is 0 Å². The molecule has 0 N–H and O–H groups in total. The Hall–Kier alpha value is -3.06. The van der Waals surface area contributed by atoms with E-state index in [1.54, 1.807) is 36.4 Å². The van der Waals surface area contributed by atoms with Crippen molar-refractivity contribution in [3.05, 3.63) is 83.9 Å². The lowest BCUT2D eigenvalue weighted by molar-refractivity contribution is -0.171. The molecule has 0 aliphatic heterocycles. The predicted molar refractivity (Wildman–Crippen MR) is 95.7 cm³/mol.